The van der Waals surface area contributed by atoms with Crippen molar-refractivity contribution >= 4 is 0 Å². The summed E-state index contributed by atoms with van der Waals surface area (Å²) in [5, 5.41) is 0. The van der Waals surface area contributed by atoms with Gasteiger partial charge in [0.2, 0.25) is 0 Å². The van der Waals surface area contributed by atoms with Crippen LogP contribution >= 0.6 is 0 Å². The van der Waals surface area contributed by atoms with Gasteiger partial charge in [-0.2, -0.15) is 0 Å². The molecule has 0 unspecified atom stereocenters. The Balaban J connectivity index is 1.70. The van der Waals surface area contributed by atoms with Gasteiger partial charge >= 0.3 is 0 Å². The molecule has 6 nitrogen and oxygen atoms in total. The molecule has 0 radical (unpaired) electrons. The minimum absolute atomic E-state index is 0.0527. The Morgan fingerprint density at radius 1 is 1.43 bits per heavy atom. The molecule has 2 aromatic rings. The van der Waals surface area contributed by atoms with Crippen molar-refractivity contribution in [1.29, 1.82) is 0 Å². The Hall–Kier alpha value is -1.95. The number of aromatic amines is 1. The van der Waals surface area contributed by atoms with Crippen LogP contribution < -0.4 is 5.56 Å². The van der Waals surface area contributed by atoms with E-state index in [2.05, 4.69) is 37.5 Å². The highest BCUT2D eigenvalue weighted by Crippen LogP contribution is 2.25. The zero-order chi connectivity index (χ0) is 16.2. The first kappa shape index (κ1) is 15.9. The van der Waals surface area contributed by atoms with Gasteiger partial charge in [0, 0.05) is 37.5 Å². The summed E-state index contributed by atoms with van der Waals surface area (Å²) in [6.45, 7) is 7.92. The van der Waals surface area contributed by atoms with E-state index in [1.165, 1.54) is 0 Å². The number of rotatable bonds is 5. The molecule has 3 heterocycles. The summed E-state index contributed by atoms with van der Waals surface area (Å²) in [7, 11) is 0. The Kier molecular flexibility index (Phi) is 4.91. The predicted molar refractivity (Wildman–Crippen MR) is 89.4 cm³/mol. The first-order chi connectivity index (χ1) is 11.2. The fourth-order valence-corrected chi connectivity index (χ4v) is 3.39. The Morgan fingerprint density at radius 2 is 2.30 bits per heavy atom. The number of nitrogens with one attached hydrogen (secondary N) is 1. The van der Waals surface area contributed by atoms with Gasteiger partial charge in [0.25, 0.3) is 5.56 Å². The molecule has 23 heavy (non-hydrogen) atoms. The summed E-state index contributed by atoms with van der Waals surface area (Å²) in [6, 6.07) is 1.65. The normalized spacial score (nSPS) is 19.1. The maximum atomic E-state index is 11.7. The maximum absolute atomic E-state index is 11.7. The second kappa shape index (κ2) is 7.08. The number of aromatic nitrogens is 4. The van der Waals surface area contributed by atoms with Gasteiger partial charge in [-0.15, -0.1) is 0 Å². The third kappa shape index (κ3) is 3.88. The maximum Gasteiger partial charge on any atom is 0.251 e. The molecule has 2 aromatic heterocycles. The minimum atomic E-state index is -0.0527. The van der Waals surface area contributed by atoms with E-state index in [0.29, 0.717) is 11.7 Å². The van der Waals surface area contributed by atoms with Crippen molar-refractivity contribution in [2.24, 2.45) is 0 Å². The lowest BCUT2D eigenvalue weighted by atomic mass is 9.94. The molecule has 0 aliphatic carbocycles. The number of nitrogens with zero attached hydrogens (tertiary/aromatic N) is 4. The molecule has 6 heteroatoms. The molecule has 124 valence electrons. The smallest absolute Gasteiger partial charge is 0.251 e. The summed E-state index contributed by atoms with van der Waals surface area (Å²) < 4.78 is 2.24. The van der Waals surface area contributed by atoms with E-state index in [4.69, 9.17) is 0 Å². The van der Waals surface area contributed by atoms with Crippen LogP contribution in [0.25, 0.3) is 0 Å². The van der Waals surface area contributed by atoms with Gasteiger partial charge in [-0.05, 0) is 32.7 Å². The summed E-state index contributed by atoms with van der Waals surface area (Å²) in [5.74, 6) is 2.16. The molecule has 1 N–H and O–H groups in total. The van der Waals surface area contributed by atoms with E-state index in [-0.39, 0.29) is 5.56 Å². The average Bonchev–Trinajstić information content (AvgIpc) is 2.94. The highest BCUT2D eigenvalue weighted by Gasteiger charge is 2.23. The van der Waals surface area contributed by atoms with Crippen LogP contribution in [-0.2, 0) is 13.1 Å². The van der Waals surface area contributed by atoms with Gasteiger partial charge in [0.15, 0.2) is 0 Å². The number of imidazole rings is 1. The Bertz CT molecular complexity index is 705. The highest BCUT2D eigenvalue weighted by atomic mass is 16.1. The first-order valence-corrected chi connectivity index (χ1v) is 8.46. The van der Waals surface area contributed by atoms with Gasteiger partial charge in [0.1, 0.15) is 11.6 Å². The van der Waals surface area contributed by atoms with Crippen molar-refractivity contribution in [3.63, 3.8) is 0 Å². The molecule has 1 saturated heterocycles. The van der Waals surface area contributed by atoms with Gasteiger partial charge in [-0.25, -0.2) is 9.97 Å². The van der Waals surface area contributed by atoms with E-state index in [1.807, 2.05) is 13.1 Å². The summed E-state index contributed by atoms with van der Waals surface area (Å²) in [4.78, 5) is 25.9. The van der Waals surface area contributed by atoms with Gasteiger partial charge in [-0.3, -0.25) is 9.69 Å². The van der Waals surface area contributed by atoms with Crippen LogP contribution in [0.2, 0.25) is 0 Å². The molecule has 1 atom stereocenters. The van der Waals surface area contributed by atoms with Gasteiger partial charge < -0.3 is 9.55 Å². The standard InChI is InChI=1S/C17H25N5O/c1-3-7-22-9-6-18-16(22)12-21-8-4-5-14(11-21)15-10-17(23)20-13(2)19-15/h6,9-10,14H,3-5,7-8,11-12H2,1-2H3,(H,19,20,23)/t14-/m0/s1. The molecular weight excluding hydrogens is 290 g/mol. The summed E-state index contributed by atoms with van der Waals surface area (Å²) in [6.07, 6.45) is 7.28. The number of likely N-dealkylation sites (tertiary alicyclic amines) is 1. The molecule has 1 aliphatic heterocycles. The van der Waals surface area contributed by atoms with E-state index in [0.717, 1.165) is 57.0 Å². The van der Waals surface area contributed by atoms with Crippen LogP contribution in [0.15, 0.2) is 23.3 Å². The van der Waals surface area contributed by atoms with Crippen molar-refractivity contribution in [1.82, 2.24) is 24.4 Å². The van der Waals surface area contributed by atoms with Crippen molar-refractivity contribution in [2.75, 3.05) is 13.1 Å². The molecule has 1 aliphatic rings. The SMILES string of the molecule is CCCn1ccnc1CN1CCC[C@H](c2cc(=O)[nH]c(C)n2)C1. The zero-order valence-electron chi connectivity index (χ0n) is 14.0. The lowest BCUT2D eigenvalue weighted by Gasteiger charge is -2.32. The van der Waals surface area contributed by atoms with Crippen LogP contribution in [0.5, 0.6) is 0 Å². The fourth-order valence-electron chi connectivity index (χ4n) is 3.39. The van der Waals surface area contributed by atoms with Crippen molar-refractivity contribution in [2.45, 2.75) is 52.1 Å². The number of aryl methyl sites for hydroxylation is 2. The quantitative estimate of drug-likeness (QED) is 0.917. The largest absolute Gasteiger partial charge is 0.334 e. The molecule has 0 spiro atoms. The van der Waals surface area contributed by atoms with Crippen LogP contribution in [0, 0.1) is 6.92 Å². The lowest BCUT2D eigenvalue weighted by Crippen LogP contribution is -2.35. The van der Waals surface area contributed by atoms with Crippen molar-refractivity contribution < 1.29 is 0 Å². The number of H-pyrrole nitrogens is 1. The predicted octanol–water partition coefficient (Wildman–Crippen LogP) is 2.06. The van der Waals surface area contributed by atoms with Crippen LogP contribution in [0.1, 0.15) is 49.4 Å². The number of piperidine rings is 1. The van der Waals surface area contributed by atoms with Crippen molar-refractivity contribution in [3.05, 3.63) is 46.2 Å². The molecule has 0 saturated carbocycles. The first-order valence-electron chi connectivity index (χ1n) is 8.46. The summed E-state index contributed by atoms with van der Waals surface area (Å²) in [5.41, 5.74) is 0.871. The second-order valence-corrected chi connectivity index (χ2v) is 6.37. The monoisotopic (exact) mass is 315 g/mol. The molecule has 3 rings (SSSR count). The minimum Gasteiger partial charge on any atom is -0.334 e. The summed E-state index contributed by atoms with van der Waals surface area (Å²) >= 11 is 0. The molecule has 0 bridgehead atoms. The average molecular weight is 315 g/mol. The van der Waals surface area contributed by atoms with E-state index >= 15 is 0 Å². The molecular formula is C17H25N5O. The fraction of sp³-hybridized carbons (Fsp3) is 0.588. The van der Waals surface area contributed by atoms with Crippen LogP contribution in [-0.4, -0.2) is 37.5 Å². The van der Waals surface area contributed by atoms with E-state index < -0.39 is 0 Å². The second-order valence-electron chi connectivity index (χ2n) is 6.37. The zero-order valence-corrected chi connectivity index (χ0v) is 14.0. The van der Waals surface area contributed by atoms with Crippen molar-refractivity contribution in [3.8, 4) is 0 Å². The molecule has 0 amide bonds. The van der Waals surface area contributed by atoms with Crippen LogP contribution in [0.3, 0.4) is 0 Å². The Labute approximate surface area is 136 Å². The Morgan fingerprint density at radius 3 is 3.09 bits per heavy atom. The topological polar surface area (TPSA) is 66.8 Å². The molecule has 1 fully saturated rings. The van der Waals surface area contributed by atoms with E-state index in [1.54, 1.807) is 6.07 Å². The number of hydrogen-bond acceptors (Lipinski definition) is 4. The molecule has 0 aromatic carbocycles. The third-order valence-corrected chi connectivity index (χ3v) is 4.43. The number of hydrogen-bond donors (Lipinski definition) is 1. The van der Waals surface area contributed by atoms with Crippen LogP contribution in [0.4, 0.5) is 0 Å². The lowest BCUT2D eigenvalue weighted by molar-refractivity contribution is 0.191. The highest BCUT2D eigenvalue weighted by molar-refractivity contribution is 5.10. The van der Waals surface area contributed by atoms with Gasteiger partial charge in [-0.1, -0.05) is 6.92 Å². The van der Waals surface area contributed by atoms with E-state index in [9.17, 15) is 4.79 Å². The van der Waals surface area contributed by atoms with Gasteiger partial charge in [0.05, 0.1) is 12.2 Å². The third-order valence-electron chi connectivity index (χ3n) is 4.43.